The van der Waals surface area contributed by atoms with Gasteiger partial charge in [0.05, 0.1) is 6.04 Å². The molecule has 1 aliphatic carbocycles. The first-order valence-electron chi connectivity index (χ1n) is 6.33. The average Bonchev–Trinajstić information content (AvgIpc) is 2.81. The van der Waals surface area contributed by atoms with E-state index in [9.17, 15) is 0 Å². The maximum atomic E-state index is 5.80. The Morgan fingerprint density at radius 3 is 2.38 bits per heavy atom. The van der Waals surface area contributed by atoms with E-state index in [0.29, 0.717) is 11.5 Å². The van der Waals surface area contributed by atoms with Gasteiger partial charge in [0.25, 0.3) is 0 Å². The van der Waals surface area contributed by atoms with Gasteiger partial charge in [-0.3, -0.25) is 11.3 Å². The van der Waals surface area contributed by atoms with Crippen LogP contribution < -0.4 is 11.3 Å². The van der Waals surface area contributed by atoms with Crippen LogP contribution >= 0.6 is 0 Å². The van der Waals surface area contributed by atoms with Crippen LogP contribution in [0.3, 0.4) is 0 Å². The van der Waals surface area contributed by atoms with Gasteiger partial charge in [-0.15, -0.1) is 0 Å². The zero-order valence-electron chi connectivity index (χ0n) is 10.1. The van der Waals surface area contributed by atoms with Crippen molar-refractivity contribution in [3.63, 3.8) is 0 Å². The lowest BCUT2D eigenvalue weighted by atomic mass is 9.74. The largest absolute Gasteiger partial charge is 0.271 e. The minimum absolute atomic E-state index is 0.307. The third-order valence-corrected chi connectivity index (χ3v) is 4.22. The summed E-state index contributed by atoms with van der Waals surface area (Å²) in [7, 11) is 0. The predicted octanol–water partition coefficient (Wildman–Crippen LogP) is 3.16. The molecule has 0 bridgehead atoms. The highest BCUT2D eigenvalue weighted by atomic mass is 15.2. The van der Waals surface area contributed by atoms with Crippen LogP contribution in [0.4, 0.5) is 0 Å². The van der Waals surface area contributed by atoms with E-state index in [4.69, 9.17) is 5.84 Å². The van der Waals surface area contributed by atoms with Gasteiger partial charge in [0.15, 0.2) is 0 Å². The Balaban J connectivity index is 2.28. The minimum atomic E-state index is 0.307. The fourth-order valence-corrected chi connectivity index (χ4v) is 3.20. The Labute approximate surface area is 98.2 Å². The Kier molecular flexibility index (Phi) is 3.62. The van der Waals surface area contributed by atoms with Crippen molar-refractivity contribution in [3.05, 3.63) is 35.9 Å². The molecule has 2 heteroatoms. The van der Waals surface area contributed by atoms with Gasteiger partial charge in [0, 0.05) is 0 Å². The molecule has 0 heterocycles. The van der Waals surface area contributed by atoms with Gasteiger partial charge < -0.3 is 0 Å². The molecule has 2 rings (SSSR count). The normalized spacial score (nSPS) is 20.9. The van der Waals surface area contributed by atoms with E-state index in [0.717, 1.165) is 0 Å². The lowest BCUT2D eigenvalue weighted by Crippen LogP contribution is -2.40. The lowest BCUT2D eigenvalue weighted by Gasteiger charge is -2.36. The summed E-state index contributed by atoms with van der Waals surface area (Å²) in [5, 5.41) is 0. The van der Waals surface area contributed by atoms with Crippen LogP contribution in [0.2, 0.25) is 0 Å². The molecule has 3 N–H and O–H groups in total. The van der Waals surface area contributed by atoms with Crippen LogP contribution in [-0.2, 0) is 0 Å². The van der Waals surface area contributed by atoms with E-state index in [1.165, 1.54) is 37.7 Å². The van der Waals surface area contributed by atoms with E-state index in [1.807, 2.05) is 0 Å². The van der Waals surface area contributed by atoms with Crippen LogP contribution in [0.15, 0.2) is 30.3 Å². The zero-order chi connectivity index (χ0) is 11.4. The van der Waals surface area contributed by atoms with Gasteiger partial charge in [0.1, 0.15) is 0 Å². The van der Waals surface area contributed by atoms with Crippen molar-refractivity contribution in [1.29, 1.82) is 0 Å². The number of hydrogen-bond acceptors (Lipinski definition) is 2. The lowest BCUT2D eigenvalue weighted by molar-refractivity contribution is 0.188. The van der Waals surface area contributed by atoms with Crippen molar-refractivity contribution in [2.45, 2.75) is 45.1 Å². The quantitative estimate of drug-likeness (QED) is 0.602. The molecule has 1 fully saturated rings. The smallest absolute Gasteiger partial charge is 0.0516 e. The molecule has 1 atom stereocenters. The first kappa shape index (κ1) is 11.6. The van der Waals surface area contributed by atoms with Crippen molar-refractivity contribution in [1.82, 2.24) is 5.43 Å². The standard InChI is InChI=1S/C14H22N2/c1-2-14(10-6-7-11-14)13(16-15)12-8-4-3-5-9-12/h3-5,8-9,13,16H,2,6-7,10-11,15H2,1H3. The number of rotatable bonds is 4. The predicted molar refractivity (Wildman–Crippen MR) is 67.7 cm³/mol. The summed E-state index contributed by atoms with van der Waals surface area (Å²) in [4.78, 5) is 0. The number of benzene rings is 1. The molecule has 16 heavy (non-hydrogen) atoms. The summed E-state index contributed by atoms with van der Waals surface area (Å²) in [6.45, 7) is 2.29. The Morgan fingerprint density at radius 1 is 1.25 bits per heavy atom. The third-order valence-electron chi connectivity index (χ3n) is 4.22. The summed E-state index contributed by atoms with van der Waals surface area (Å²) in [5.74, 6) is 5.80. The van der Waals surface area contributed by atoms with Gasteiger partial charge in [-0.25, -0.2) is 0 Å². The second kappa shape index (κ2) is 4.98. The van der Waals surface area contributed by atoms with Gasteiger partial charge in [-0.05, 0) is 30.2 Å². The molecule has 2 nitrogen and oxygen atoms in total. The first-order chi connectivity index (χ1) is 7.82. The summed E-state index contributed by atoms with van der Waals surface area (Å²) in [6.07, 6.45) is 6.50. The molecule has 1 unspecified atom stereocenters. The monoisotopic (exact) mass is 218 g/mol. The summed E-state index contributed by atoms with van der Waals surface area (Å²) >= 11 is 0. The Bertz CT molecular complexity index is 315. The fourth-order valence-electron chi connectivity index (χ4n) is 3.20. The van der Waals surface area contributed by atoms with E-state index in [-0.39, 0.29) is 0 Å². The summed E-state index contributed by atoms with van der Waals surface area (Å²) < 4.78 is 0. The SMILES string of the molecule is CCC1(C(NN)c2ccccc2)CCCC1. The summed E-state index contributed by atoms with van der Waals surface area (Å²) in [5.41, 5.74) is 4.75. The van der Waals surface area contributed by atoms with E-state index in [2.05, 4.69) is 42.7 Å². The number of nitrogens with two attached hydrogens (primary N) is 1. The molecule has 0 aliphatic heterocycles. The van der Waals surface area contributed by atoms with Crippen LogP contribution in [-0.4, -0.2) is 0 Å². The third kappa shape index (κ3) is 2.00. The summed E-state index contributed by atoms with van der Waals surface area (Å²) in [6, 6.07) is 10.9. The van der Waals surface area contributed by atoms with E-state index >= 15 is 0 Å². The highest BCUT2D eigenvalue weighted by molar-refractivity contribution is 5.21. The molecule has 1 saturated carbocycles. The number of nitrogens with one attached hydrogen (secondary N) is 1. The van der Waals surface area contributed by atoms with E-state index in [1.54, 1.807) is 0 Å². The van der Waals surface area contributed by atoms with Crippen molar-refractivity contribution in [2.24, 2.45) is 11.3 Å². The number of hydrogen-bond donors (Lipinski definition) is 2. The molecule has 0 amide bonds. The highest BCUT2D eigenvalue weighted by Crippen LogP contribution is 2.49. The van der Waals surface area contributed by atoms with Crippen LogP contribution in [0, 0.1) is 5.41 Å². The molecule has 1 aliphatic rings. The highest BCUT2D eigenvalue weighted by Gasteiger charge is 2.39. The Hall–Kier alpha value is -0.860. The van der Waals surface area contributed by atoms with Crippen molar-refractivity contribution in [3.8, 4) is 0 Å². The first-order valence-corrected chi connectivity index (χ1v) is 6.33. The van der Waals surface area contributed by atoms with Gasteiger partial charge in [-0.2, -0.15) is 0 Å². The van der Waals surface area contributed by atoms with Crippen LogP contribution in [0.25, 0.3) is 0 Å². The van der Waals surface area contributed by atoms with Crippen LogP contribution in [0.5, 0.6) is 0 Å². The second-order valence-electron chi connectivity index (χ2n) is 4.93. The van der Waals surface area contributed by atoms with Gasteiger partial charge in [-0.1, -0.05) is 50.1 Å². The van der Waals surface area contributed by atoms with Crippen molar-refractivity contribution in [2.75, 3.05) is 0 Å². The molecular formula is C14H22N2. The molecular weight excluding hydrogens is 196 g/mol. The molecule has 1 aromatic carbocycles. The molecule has 0 radical (unpaired) electrons. The zero-order valence-corrected chi connectivity index (χ0v) is 10.1. The maximum Gasteiger partial charge on any atom is 0.0516 e. The van der Waals surface area contributed by atoms with Gasteiger partial charge in [0.2, 0.25) is 0 Å². The Morgan fingerprint density at radius 2 is 1.88 bits per heavy atom. The molecule has 1 aromatic rings. The molecule has 88 valence electrons. The van der Waals surface area contributed by atoms with E-state index < -0.39 is 0 Å². The molecule has 0 saturated heterocycles. The minimum Gasteiger partial charge on any atom is -0.271 e. The molecule has 0 spiro atoms. The topological polar surface area (TPSA) is 38.0 Å². The van der Waals surface area contributed by atoms with Gasteiger partial charge >= 0.3 is 0 Å². The average molecular weight is 218 g/mol. The second-order valence-corrected chi connectivity index (χ2v) is 4.93. The maximum absolute atomic E-state index is 5.80. The van der Waals surface area contributed by atoms with Crippen LogP contribution in [0.1, 0.15) is 50.6 Å². The fraction of sp³-hybridized carbons (Fsp3) is 0.571. The van der Waals surface area contributed by atoms with Crippen molar-refractivity contribution < 1.29 is 0 Å². The molecule has 0 aromatic heterocycles. The van der Waals surface area contributed by atoms with Crippen molar-refractivity contribution >= 4 is 0 Å². The number of hydrazine groups is 1.